The van der Waals surface area contributed by atoms with Gasteiger partial charge in [-0.2, -0.15) is 0 Å². The van der Waals surface area contributed by atoms with Crippen molar-refractivity contribution in [2.24, 2.45) is 0 Å². The minimum absolute atomic E-state index is 0.539. The van der Waals surface area contributed by atoms with E-state index >= 15 is 0 Å². The number of benzene rings is 1. The molecule has 21 heavy (non-hydrogen) atoms. The second-order valence-electron chi connectivity index (χ2n) is 5.73. The number of nitrogen functional groups attached to an aromatic ring is 1. The predicted octanol–water partition coefficient (Wildman–Crippen LogP) is 2.04. The molecule has 3 N–H and O–H groups in total. The van der Waals surface area contributed by atoms with Crippen LogP contribution in [-0.2, 0) is 4.74 Å². The molecule has 0 unspecified atom stereocenters. The van der Waals surface area contributed by atoms with E-state index in [1.165, 1.54) is 0 Å². The van der Waals surface area contributed by atoms with Gasteiger partial charge in [-0.3, -0.25) is 0 Å². The quantitative estimate of drug-likeness (QED) is 0.786. The Morgan fingerprint density at radius 3 is 2.76 bits per heavy atom. The molecule has 0 atom stereocenters. The third kappa shape index (κ3) is 4.02. The summed E-state index contributed by atoms with van der Waals surface area (Å²) in [5.41, 5.74) is 7.01. The van der Waals surface area contributed by atoms with Gasteiger partial charge in [0.1, 0.15) is 5.75 Å². The second-order valence-corrected chi connectivity index (χ2v) is 5.73. The summed E-state index contributed by atoms with van der Waals surface area (Å²) in [6, 6.07) is 5.77. The monoisotopic (exact) mass is 294 g/mol. The van der Waals surface area contributed by atoms with Gasteiger partial charge in [-0.1, -0.05) is 13.0 Å². The molecule has 0 saturated carbocycles. The fraction of sp³-hybridized carbons (Fsp3) is 0.625. The minimum atomic E-state index is -0.709. The van der Waals surface area contributed by atoms with Crippen molar-refractivity contribution >= 4 is 11.4 Å². The van der Waals surface area contributed by atoms with Crippen molar-refractivity contribution in [1.29, 1.82) is 0 Å². The maximum absolute atomic E-state index is 10.6. The molecule has 1 saturated heterocycles. The maximum atomic E-state index is 10.6. The van der Waals surface area contributed by atoms with Gasteiger partial charge in [-0.15, -0.1) is 0 Å². The highest BCUT2D eigenvalue weighted by Crippen LogP contribution is 2.33. The van der Waals surface area contributed by atoms with E-state index in [1.807, 2.05) is 30.1 Å². The number of anilines is 2. The third-order valence-electron chi connectivity index (χ3n) is 3.87. The Hall–Kier alpha value is -1.46. The van der Waals surface area contributed by atoms with Crippen LogP contribution >= 0.6 is 0 Å². The lowest BCUT2D eigenvalue weighted by molar-refractivity contribution is -0.0572. The van der Waals surface area contributed by atoms with Crippen LogP contribution in [0.3, 0.4) is 0 Å². The van der Waals surface area contributed by atoms with Gasteiger partial charge in [0.05, 0.1) is 23.6 Å². The smallest absolute Gasteiger partial charge is 0.144 e. The van der Waals surface area contributed by atoms with Gasteiger partial charge in [0, 0.05) is 39.6 Å². The molecule has 0 aromatic heterocycles. The van der Waals surface area contributed by atoms with Crippen LogP contribution in [0.15, 0.2) is 18.2 Å². The van der Waals surface area contributed by atoms with E-state index < -0.39 is 5.60 Å². The van der Waals surface area contributed by atoms with Crippen molar-refractivity contribution in [3.05, 3.63) is 18.2 Å². The molecular formula is C16H26N2O3. The predicted molar refractivity (Wildman–Crippen MR) is 84.9 cm³/mol. The molecule has 1 aromatic carbocycles. The van der Waals surface area contributed by atoms with Crippen LogP contribution in [0.2, 0.25) is 0 Å². The van der Waals surface area contributed by atoms with Crippen LogP contribution in [-0.4, -0.2) is 44.1 Å². The number of nitrogens with zero attached hydrogens (tertiary/aromatic N) is 1. The summed E-state index contributed by atoms with van der Waals surface area (Å²) in [7, 11) is 1.95. The molecule has 0 radical (unpaired) electrons. The van der Waals surface area contributed by atoms with Crippen LogP contribution in [0, 0.1) is 0 Å². The SMILES string of the molecule is CCCOc1cccc(N(C)CC2(O)CCOCC2)c1N. The largest absolute Gasteiger partial charge is 0.491 e. The molecule has 0 spiro atoms. The van der Waals surface area contributed by atoms with Crippen molar-refractivity contribution in [2.75, 3.05) is 44.0 Å². The maximum Gasteiger partial charge on any atom is 0.144 e. The first kappa shape index (κ1) is 15.9. The lowest BCUT2D eigenvalue weighted by Crippen LogP contribution is -2.45. The first-order valence-corrected chi connectivity index (χ1v) is 7.58. The van der Waals surface area contributed by atoms with Crippen molar-refractivity contribution < 1.29 is 14.6 Å². The van der Waals surface area contributed by atoms with Gasteiger partial charge in [-0.05, 0) is 18.6 Å². The molecule has 0 bridgehead atoms. The Morgan fingerprint density at radius 1 is 1.38 bits per heavy atom. The number of hydrogen-bond donors (Lipinski definition) is 2. The molecule has 0 amide bonds. The zero-order chi connectivity index (χ0) is 15.3. The Bertz CT molecular complexity index is 459. The number of para-hydroxylation sites is 1. The molecule has 5 heteroatoms. The lowest BCUT2D eigenvalue weighted by Gasteiger charge is -2.36. The fourth-order valence-corrected chi connectivity index (χ4v) is 2.64. The van der Waals surface area contributed by atoms with Crippen molar-refractivity contribution in [3.63, 3.8) is 0 Å². The Labute approximate surface area is 126 Å². The first-order valence-electron chi connectivity index (χ1n) is 7.58. The molecule has 1 aromatic rings. The normalized spacial score (nSPS) is 17.5. The number of likely N-dealkylation sites (N-methyl/N-ethyl adjacent to an activating group) is 1. The summed E-state index contributed by atoms with van der Waals surface area (Å²) in [6.07, 6.45) is 2.26. The fourth-order valence-electron chi connectivity index (χ4n) is 2.64. The number of ether oxygens (including phenoxy) is 2. The van der Waals surface area contributed by atoms with Gasteiger partial charge in [0.15, 0.2) is 0 Å². The van der Waals surface area contributed by atoms with Gasteiger partial charge < -0.3 is 25.2 Å². The summed E-state index contributed by atoms with van der Waals surface area (Å²) in [4.78, 5) is 2.00. The molecular weight excluding hydrogens is 268 g/mol. The standard InChI is InChI=1S/C16H26N2O3/c1-3-9-21-14-6-4-5-13(15(14)17)18(2)12-16(19)7-10-20-11-8-16/h4-6,19H,3,7-12,17H2,1-2H3. The minimum Gasteiger partial charge on any atom is -0.491 e. The summed E-state index contributed by atoms with van der Waals surface area (Å²) in [5, 5.41) is 10.6. The highest BCUT2D eigenvalue weighted by molar-refractivity contribution is 5.73. The third-order valence-corrected chi connectivity index (χ3v) is 3.87. The van der Waals surface area contributed by atoms with Gasteiger partial charge in [0.25, 0.3) is 0 Å². The Balaban J connectivity index is 2.09. The van der Waals surface area contributed by atoms with E-state index in [0.717, 1.165) is 12.1 Å². The molecule has 1 fully saturated rings. The Kier molecular flexibility index (Phi) is 5.31. The van der Waals surface area contributed by atoms with E-state index in [4.69, 9.17) is 15.2 Å². The number of nitrogens with two attached hydrogens (primary N) is 1. The summed E-state index contributed by atoms with van der Waals surface area (Å²) >= 11 is 0. The van der Waals surface area contributed by atoms with Crippen LogP contribution < -0.4 is 15.4 Å². The highest BCUT2D eigenvalue weighted by Gasteiger charge is 2.31. The average molecular weight is 294 g/mol. The van der Waals surface area contributed by atoms with E-state index in [2.05, 4.69) is 6.92 Å². The zero-order valence-corrected chi connectivity index (χ0v) is 13.0. The molecule has 2 rings (SSSR count). The van der Waals surface area contributed by atoms with Crippen molar-refractivity contribution in [1.82, 2.24) is 0 Å². The van der Waals surface area contributed by atoms with Crippen LogP contribution in [0.4, 0.5) is 11.4 Å². The summed E-state index contributed by atoms with van der Waals surface area (Å²) < 4.78 is 11.0. The molecule has 5 nitrogen and oxygen atoms in total. The van der Waals surface area contributed by atoms with E-state index in [9.17, 15) is 5.11 Å². The topological polar surface area (TPSA) is 68.0 Å². The lowest BCUT2D eigenvalue weighted by atomic mass is 9.93. The van der Waals surface area contributed by atoms with E-state index in [1.54, 1.807) is 0 Å². The van der Waals surface area contributed by atoms with Crippen LogP contribution in [0.5, 0.6) is 5.75 Å². The zero-order valence-electron chi connectivity index (χ0n) is 13.0. The van der Waals surface area contributed by atoms with Crippen LogP contribution in [0.25, 0.3) is 0 Å². The Morgan fingerprint density at radius 2 is 2.10 bits per heavy atom. The summed E-state index contributed by atoms with van der Waals surface area (Å²) in [5.74, 6) is 0.708. The van der Waals surface area contributed by atoms with Gasteiger partial charge >= 0.3 is 0 Å². The highest BCUT2D eigenvalue weighted by atomic mass is 16.5. The average Bonchev–Trinajstić information content (AvgIpc) is 2.46. The first-order chi connectivity index (χ1) is 10.1. The summed E-state index contributed by atoms with van der Waals surface area (Å²) in [6.45, 7) is 4.47. The van der Waals surface area contributed by atoms with Crippen LogP contribution in [0.1, 0.15) is 26.2 Å². The van der Waals surface area contributed by atoms with E-state index in [0.29, 0.717) is 50.6 Å². The number of hydrogen-bond acceptors (Lipinski definition) is 5. The number of rotatable bonds is 6. The van der Waals surface area contributed by atoms with Gasteiger partial charge in [0.2, 0.25) is 0 Å². The number of aliphatic hydroxyl groups is 1. The molecule has 1 aliphatic heterocycles. The van der Waals surface area contributed by atoms with Crippen molar-refractivity contribution in [3.8, 4) is 5.75 Å². The van der Waals surface area contributed by atoms with Crippen molar-refractivity contribution in [2.45, 2.75) is 31.8 Å². The van der Waals surface area contributed by atoms with E-state index in [-0.39, 0.29) is 0 Å². The molecule has 118 valence electrons. The molecule has 1 heterocycles. The molecule has 1 aliphatic rings. The second kappa shape index (κ2) is 7.00. The molecule has 0 aliphatic carbocycles. The van der Waals surface area contributed by atoms with Gasteiger partial charge in [-0.25, -0.2) is 0 Å².